The number of nitrogens with two attached hydrogens (primary N) is 1. The van der Waals surface area contributed by atoms with Crippen LogP contribution in [0.25, 0.3) is 0 Å². The minimum atomic E-state index is -2.41. The minimum absolute atomic E-state index is 0.300. The fraction of sp³-hybridized carbons (Fsp3) is 1.00. The van der Waals surface area contributed by atoms with E-state index < -0.39 is 8.80 Å². The lowest BCUT2D eigenvalue weighted by Crippen LogP contribution is -2.42. The lowest BCUT2D eigenvalue weighted by Gasteiger charge is -2.24. The maximum absolute atomic E-state index is 6.27. The molecule has 0 saturated carbocycles. The first-order valence-electron chi connectivity index (χ1n) is 12.5. The van der Waals surface area contributed by atoms with Gasteiger partial charge in [-0.2, -0.15) is 0 Å². The molecule has 0 bridgehead atoms. The van der Waals surface area contributed by atoms with Gasteiger partial charge in [0.2, 0.25) is 0 Å². The molecule has 1 atom stereocenters. The molecule has 0 aromatic rings. The highest BCUT2D eigenvalue weighted by atomic mass is 28.4. The average molecular weight is 432 g/mol. The smallest absolute Gasteiger partial charge is 0.377 e. The number of unbranched alkanes of at least 4 members (excludes halogenated alkanes) is 14. The van der Waals surface area contributed by atoms with Crippen LogP contribution in [0.4, 0.5) is 0 Å². The largest absolute Gasteiger partial charge is 0.500 e. The second-order valence-corrected chi connectivity index (χ2v) is 11.8. The van der Waals surface area contributed by atoms with E-state index in [9.17, 15) is 0 Å². The van der Waals surface area contributed by atoms with E-state index in [4.69, 9.17) is 19.0 Å². The van der Waals surface area contributed by atoms with E-state index in [1.807, 2.05) is 0 Å². The molecule has 5 heteroatoms. The molecule has 0 aliphatic rings. The highest BCUT2D eigenvalue weighted by molar-refractivity contribution is 6.60. The van der Waals surface area contributed by atoms with Gasteiger partial charge in [0.1, 0.15) is 0 Å². The maximum Gasteiger partial charge on any atom is 0.500 e. The summed E-state index contributed by atoms with van der Waals surface area (Å²) in [5.41, 5.74) is 6.27. The molecule has 0 radical (unpaired) electrons. The van der Waals surface area contributed by atoms with Crippen molar-refractivity contribution in [2.24, 2.45) is 5.73 Å². The van der Waals surface area contributed by atoms with Crippen LogP contribution in [0.3, 0.4) is 0 Å². The summed E-state index contributed by atoms with van der Waals surface area (Å²) in [5, 5.41) is 0. The van der Waals surface area contributed by atoms with Crippen LogP contribution in [0.5, 0.6) is 0 Å². The van der Waals surface area contributed by atoms with Gasteiger partial charge in [-0.05, 0) is 19.3 Å². The van der Waals surface area contributed by atoms with Gasteiger partial charge in [0.05, 0.1) is 0 Å². The van der Waals surface area contributed by atoms with Crippen LogP contribution >= 0.6 is 0 Å². The van der Waals surface area contributed by atoms with E-state index in [0.29, 0.717) is 6.04 Å². The van der Waals surface area contributed by atoms with Crippen LogP contribution in [-0.4, -0.2) is 36.2 Å². The first-order chi connectivity index (χ1) is 14.1. The predicted molar refractivity (Wildman–Crippen MR) is 128 cm³/mol. The molecule has 176 valence electrons. The second kappa shape index (κ2) is 21.3. The summed E-state index contributed by atoms with van der Waals surface area (Å²) >= 11 is 0. The van der Waals surface area contributed by atoms with Crippen molar-refractivity contribution in [1.82, 2.24) is 0 Å². The van der Waals surface area contributed by atoms with Gasteiger partial charge in [0, 0.05) is 33.4 Å². The van der Waals surface area contributed by atoms with Crippen molar-refractivity contribution >= 4 is 8.80 Å². The van der Waals surface area contributed by atoms with Crippen LogP contribution in [0, 0.1) is 0 Å². The quantitative estimate of drug-likeness (QED) is 0.137. The van der Waals surface area contributed by atoms with E-state index >= 15 is 0 Å². The van der Waals surface area contributed by atoms with Crippen molar-refractivity contribution in [3.8, 4) is 0 Å². The highest BCUT2D eigenvalue weighted by Crippen LogP contribution is 2.18. The summed E-state index contributed by atoms with van der Waals surface area (Å²) in [6.07, 6.45) is 24.3. The van der Waals surface area contributed by atoms with Crippen LogP contribution in [0.2, 0.25) is 6.04 Å². The summed E-state index contributed by atoms with van der Waals surface area (Å²) in [4.78, 5) is 0. The molecule has 0 rings (SSSR count). The molecule has 29 heavy (non-hydrogen) atoms. The lowest BCUT2D eigenvalue weighted by molar-refractivity contribution is 0.122. The van der Waals surface area contributed by atoms with E-state index in [1.165, 1.54) is 96.3 Å². The van der Waals surface area contributed by atoms with Gasteiger partial charge in [0.15, 0.2) is 0 Å². The minimum Gasteiger partial charge on any atom is -0.377 e. The first kappa shape index (κ1) is 29.1. The van der Waals surface area contributed by atoms with Gasteiger partial charge >= 0.3 is 8.80 Å². The van der Waals surface area contributed by atoms with Crippen LogP contribution in [0.1, 0.15) is 122 Å². The summed E-state index contributed by atoms with van der Waals surface area (Å²) in [7, 11) is 2.61. The Hall–Kier alpha value is 0.0569. The van der Waals surface area contributed by atoms with Gasteiger partial charge in [-0.1, -0.05) is 103 Å². The van der Waals surface area contributed by atoms with Gasteiger partial charge in [-0.15, -0.1) is 0 Å². The molecule has 1 unspecified atom stereocenters. The molecular weight excluding hydrogens is 378 g/mol. The summed E-state index contributed by atoms with van der Waals surface area (Å²) in [5.74, 6) is 0. The molecule has 0 aromatic heterocycles. The van der Waals surface area contributed by atoms with Crippen molar-refractivity contribution in [2.45, 2.75) is 135 Å². The molecule has 2 N–H and O–H groups in total. The number of hydrogen-bond donors (Lipinski definition) is 1. The molecule has 0 saturated heterocycles. The topological polar surface area (TPSA) is 53.7 Å². The summed E-state index contributed by atoms with van der Waals surface area (Å²) in [6.45, 7) is 2.29. The maximum atomic E-state index is 6.27. The SMILES string of the molecule is CCCCCCCCCCCCCCCCCC(N)CCC[Si](OC)(OC)OC. The van der Waals surface area contributed by atoms with Crippen molar-refractivity contribution in [1.29, 1.82) is 0 Å². The van der Waals surface area contributed by atoms with E-state index in [2.05, 4.69) is 6.92 Å². The number of rotatable bonds is 23. The van der Waals surface area contributed by atoms with Gasteiger partial charge in [0.25, 0.3) is 0 Å². The Labute approximate surface area is 184 Å². The van der Waals surface area contributed by atoms with Crippen LogP contribution in [0.15, 0.2) is 0 Å². The van der Waals surface area contributed by atoms with Crippen molar-refractivity contribution < 1.29 is 13.3 Å². The van der Waals surface area contributed by atoms with Crippen molar-refractivity contribution in [3.05, 3.63) is 0 Å². The van der Waals surface area contributed by atoms with Gasteiger partial charge < -0.3 is 19.0 Å². The fourth-order valence-electron chi connectivity index (χ4n) is 4.06. The molecule has 4 nitrogen and oxygen atoms in total. The third-order valence-corrected chi connectivity index (χ3v) is 9.00. The Balaban J connectivity index is 3.33. The third kappa shape index (κ3) is 17.4. The average Bonchev–Trinajstić information content (AvgIpc) is 2.74. The van der Waals surface area contributed by atoms with E-state index in [0.717, 1.165) is 25.3 Å². The Kier molecular flexibility index (Phi) is 21.3. The monoisotopic (exact) mass is 431 g/mol. The van der Waals surface area contributed by atoms with E-state index in [1.54, 1.807) is 21.3 Å². The zero-order valence-electron chi connectivity index (χ0n) is 20.3. The Morgan fingerprint density at radius 1 is 0.552 bits per heavy atom. The molecule has 0 aromatic carbocycles. The van der Waals surface area contributed by atoms with Crippen LogP contribution < -0.4 is 5.73 Å². The highest BCUT2D eigenvalue weighted by Gasteiger charge is 2.36. The first-order valence-corrected chi connectivity index (χ1v) is 14.5. The van der Waals surface area contributed by atoms with Gasteiger partial charge in [-0.25, -0.2) is 0 Å². The molecule has 0 heterocycles. The molecule has 0 aliphatic carbocycles. The Bertz CT molecular complexity index is 319. The number of hydrogen-bond acceptors (Lipinski definition) is 4. The second-order valence-electron chi connectivity index (χ2n) is 8.69. The predicted octanol–water partition coefficient (Wildman–Crippen LogP) is 7.23. The molecule has 0 amide bonds. The molecule has 0 fully saturated rings. The summed E-state index contributed by atoms with van der Waals surface area (Å²) < 4.78 is 16.4. The van der Waals surface area contributed by atoms with Crippen molar-refractivity contribution in [2.75, 3.05) is 21.3 Å². The fourth-order valence-corrected chi connectivity index (χ4v) is 5.81. The zero-order chi connectivity index (χ0) is 21.6. The Morgan fingerprint density at radius 2 is 0.897 bits per heavy atom. The zero-order valence-corrected chi connectivity index (χ0v) is 21.3. The van der Waals surface area contributed by atoms with Crippen molar-refractivity contribution in [3.63, 3.8) is 0 Å². The standard InChI is InChI=1S/C24H53NO3Si/c1-5-6-7-8-9-10-11-12-13-14-15-16-17-18-19-21-24(25)22-20-23-29(26-2,27-3)28-4/h24H,5-23,25H2,1-4H3. The van der Waals surface area contributed by atoms with Gasteiger partial charge in [-0.3, -0.25) is 0 Å². The lowest BCUT2D eigenvalue weighted by atomic mass is 10.0. The molecule has 0 aliphatic heterocycles. The molecular formula is C24H53NO3Si. The summed E-state index contributed by atoms with van der Waals surface area (Å²) in [6, 6.07) is 1.15. The Morgan fingerprint density at radius 3 is 1.28 bits per heavy atom. The van der Waals surface area contributed by atoms with Crippen LogP contribution in [-0.2, 0) is 13.3 Å². The van der Waals surface area contributed by atoms with E-state index in [-0.39, 0.29) is 0 Å². The third-order valence-electron chi connectivity index (χ3n) is 6.17. The normalized spacial score (nSPS) is 13.1. The molecule has 0 spiro atoms.